The highest BCUT2D eigenvalue weighted by Crippen LogP contribution is 2.44. The van der Waals surface area contributed by atoms with Crippen molar-refractivity contribution < 1.29 is 38.3 Å². The first-order valence-corrected chi connectivity index (χ1v) is 18.4. The summed E-state index contributed by atoms with van der Waals surface area (Å²) in [6.45, 7) is 2.30. The van der Waals surface area contributed by atoms with Crippen LogP contribution in [0.4, 0.5) is 0 Å². The minimum absolute atomic E-state index is 0.0377. The van der Waals surface area contributed by atoms with Gasteiger partial charge in [-0.05, 0) is 120 Å². The summed E-state index contributed by atoms with van der Waals surface area (Å²) in [5, 5.41) is 9.05. The van der Waals surface area contributed by atoms with Crippen LogP contribution in [0.2, 0.25) is 0 Å². The number of aliphatic carboxylic acids is 1. The van der Waals surface area contributed by atoms with Crippen molar-refractivity contribution in [1.29, 1.82) is 0 Å². The van der Waals surface area contributed by atoms with E-state index >= 15 is 0 Å². The van der Waals surface area contributed by atoms with E-state index in [-0.39, 0.29) is 55.4 Å². The van der Waals surface area contributed by atoms with Crippen LogP contribution < -0.4 is 0 Å². The third-order valence-electron chi connectivity index (χ3n) is 10.1. The summed E-state index contributed by atoms with van der Waals surface area (Å²) < 4.78 is 38.4. The number of allylic oxidation sites excluding steroid dienone is 2. The number of unbranched alkanes of at least 4 members (excludes halogenated alkanes) is 1. The van der Waals surface area contributed by atoms with Gasteiger partial charge in [0.2, 0.25) is 0 Å². The van der Waals surface area contributed by atoms with Crippen molar-refractivity contribution in [1.82, 2.24) is 0 Å². The maximum atomic E-state index is 11.0. The first-order valence-electron chi connectivity index (χ1n) is 18.4. The molecule has 258 valence electrons. The zero-order valence-electron chi connectivity index (χ0n) is 27.8. The Labute approximate surface area is 276 Å². The van der Waals surface area contributed by atoms with Crippen LogP contribution in [0.15, 0.2) is 42.5 Å². The van der Waals surface area contributed by atoms with Crippen molar-refractivity contribution >= 4 is 5.97 Å². The van der Waals surface area contributed by atoms with E-state index in [1.165, 1.54) is 5.56 Å². The normalized spacial score (nSPS) is 31.3. The van der Waals surface area contributed by atoms with Crippen molar-refractivity contribution in [3.63, 3.8) is 0 Å². The van der Waals surface area contributed by atoms with Crippen LogP contribution in [0.1, 0.15) is 115 Å². The number of rotatable bonds is 18. The molecule has 0 radical (unpaired) electrons. The van der Waals surface area contributed by atoms with Gasteiger partial charge in [0, 0.05) is 32.7 Å². The Kier molecular flexibility index (Phi) is 15.3. The maximum absolute atomic E-state index is 11.0. The molecule has 3 aliphatic heterocycles. The quantitative estimate of drug-likeness (QED) is 0.127. The molecule has 0 amide bonds. The van der Waals surface area contributed by atoms with Crippen LogP contribution in [-0.2, 0) is 39.6 Å². The topological polar surface area (TPSA) is 92.7 Å². The van der Waals surface area contributed by atoms with E-state index in [0.29, 0.717) is 6.42 Å². The number of benzene rings is 1. The Bertz CT molecular complexity index is 999. The van der Waals surface area contributed by atoms with E-state index in [1.807, 2.05) is 0 Å². The number of hydrogen-bond acceptors (Lipinski definition) is 7. The van der Waals surface area contributed by atoms with Gasteiger partial charge in [-0.1, -0.05) is 42.5 Å². The van der Waals surface area contributed by atoms with E-state index < -0.39 is 5.97 Å². The zero-order valence-corrected chi connectivity index (χ0v) is 27.8. The van der Waals surface area contributed by atoms with Crippen molar-refractivity contribution in [2.24, 2.45) is 11.8 Å². The molecule has 4 fully saturated rings. The SMILES string of the molecule is O=C(O)CCC/C=C\C[C@@H]1[C@@H](CC[C@H](CCc2ccccc2)OC2CCCCO2)[C@H](OC2CCCCO2)C[C@@H]1OC1CCCCO1. The number of carboxylic acid groups (broad SMARTS) is 1. The monoisotopic (exact) mass is 642 g/mol. The second-order valence-electron chi connectivity index (χ2n) is 13.7. The van der Waals surface area contributed by atoms with Crippen molar-refractivity contribution in [3.8, 4) is 0 Å². The molecule has 1 N–H and O–H groups in total. The Hall–Kier alpha value is -1.81. The number of aryl methyl sites for hydroxylation is 1. The molecule has 0 spiro atoms. The second-order valence-corrected chi connectivity index (χ2v) is 13.7. The van der Waals surface area contributed by atoms with E-state index in [0.717, 1.165) is 123 Å². The zero-order chi connectivity index (χ0) is 31.8. The number of ether oxygens (including phenoxy) is 6. The Morgan fingerprint density at radius 2 is 1.43 bits per heavy atom. The van der Waals surface area contributed by atoms with Gasteiger partial charge in [0.25, 0.3) is 0 Å². The van der Waals surface area contributed by atoms with Crippen LogP contribution in [0.25, 0.3) is 0 Å². The molecule has 1 saturated carbocycles. The van der Waals surface area contributed by atoms with E-state index in [4.69, 9.17) is 33.5 Å². The largest absolute Gasteiger partial charge is 0.481 e. The molecule has 8 atom stereocenters. The number of carbonyl (C=O) groups is 1. The summed E-state index contributed by atoms with van der Waals surface area (Å²) in [7, 11) is 0. The highest BCUT2D eigenvalue weighted by molar-refractivity contribution is 5.66. The molecule has 0 bridgehead atoms. The molecule has 3 saturated heterocycles. The van der Waals surface area contributed by atoms with E-state index in [1.54, 1.807) is 0 Å². The molecule has 3 heterocycles. The molecule has 8 nitrogen and oxygen atoms in total. The average Bonchev–Trinajstić information content (AvgIpc) is 3.40. The molecule has 8 heteroatoms. The standard InChI is InChI=1S/C38H58O8/c39-35(40)17-7-2-1-6-16-31-32(24-23-30(44-36-18-8-11-25-41-36)22-21-29-14-4-3-5-15-29)34(46-38-20-10-13-27-43-38)28-33(31)45-37-19-9-12-26-42-37/h1,3-6,14-15,30-34,36-38H,2,7-13,16-28H2,(H,39,40)/b6-1-/t30-,31+,32+,33-,34+,36?,37?,38?/m0/s1. The van der Waals surface area contributed by atoms with Crippen molar-refractivity contribution in [3.05, 3.63) is 48.0 Å². The molecular formula is C38H58O8. The summed E-state index contributed by atoms with van der Waals surface area (Å²) in [6.07, 6.45) is 20.9. The summed E-state index contributed by atoms with van der Waals surface area (Å²) in [6, 6.07) is 10.7. The lowest BCUT2D eigenvalue weighted by molar-refractivity contribution is -0.205. The molecule has 5 rings (SSSR count). The van der Waals surface area contributed by atoms with E-state index in [2.05, 4.69) is 42.5 Å². The summed E-state index contributed by atoms with van der Waals surface area (Å²) >= 11 is 0. The fourth-order valence-electron chi connectivity index (χ4n) is 7.60. The lowest BCUT2D eigenvalue weighted by Gasteiger charge is -2.33. The fourth-order valence-corrected chi connectivity index (χ4v) is 7.60. The van der Waals surface area contributed by atoms with Crippen LogP contribution in [0.3, 0.4) is 0 Å². The summed E-state index contributed by atoms with van der Waals surface area (Å²) in [5.74, 6) is -0.175. The molecule has 0 aromatic heterocycles. The average molecular weight is 643 g/mol. The van der Waals surface area contributed by atoms with Gasteiger partial charge >= 0.3 is 5.97 Å². The Balaban J connectivity index is 1.29. The molecule has 1 aromatic rings. The molecule has 3 unspecified atom stereocenters. The maximum Gasteiger partial charge on any atom is 0.303 e. The molecule has 46 heavy (non-hydrogen) atoms. The minimum Gasteiger partial charge on any atom is -0.481 e. The second kappa shape index (κ2) is 19.9. The van der Waals surface area contributed by atoms with Gasteiger partial charge in [-0.15, -0.1) is 0 Å². The lowest BCUT2D eigenvalue weighted by Crippen LogP contribution is -2.33. The van der Waals surface area contributed by atoms with Crippen LogP contribution in [0.5, 0.6) is 0 Å². The number of hydrogen-bond donors (Lipinski definition) is 1. The van der Waals surface area contributed by atoms with Crippen molar-refractivity contribution in [2.75, 3.05) is 19.8 Å². The van der Waals surface area contributed by atoms with Gasteiger partial charge in [0.05, 0.1) is 18.3 Å². The third-order valence-corrected chi connectivity index (χ3v) is 10.1. The van der Waals surface area contributed by atoms with Crippen LogP contribution in [0, 0.1) is 11.8 Å². The van der Waals surface area contributed by atoms with Gasteiger partial charge in [0.15, 0.2) is 18.9 Å². The predicted octanol–water partition coefficient (Wildman–Crippen LogP) is 7.97. The van der Waals surface area contributed by atoms with Gasteiger partial charge in [-0.3, -0.25) is 4.79 Å². The van der Waals surface area contributed by atoms with Crippen LogP contribution >= 0.6 is 0 Å². The smallest absolute Gasteiger partial charge is 0.303 e. The number of carboxylic acids is 1. The van der Waals surface area contributed by atoms with Gasteiger partial charge < -0.3 is 33.5 Å². The Morgan fingerprint density at radius 1 is 0.804 bits per heavy atom. The molecule has 4 aliphatic rings. The first-order chi connectivity index (χ1) is 22.6. The minimum atomic E-state index is -0.738. The van der Waals surface area contributed by atoms with Gasteiger partial charge in [0.1, 0.15) is 0 Å². The fraction of sp³-hybridized carbons (Fsp3) is 0.763. The van der Waals surface area contributed by atoms with Crippen LogP contribution in [-0.4, -0.2) is 68.1 Å². The Morgan fingerprint density at radius 3 is 2.04 bits per heavy atom. The summed E-state index contributed by atoms with van der Waals surface area (Å²) in [4.78, 5) is 11.0. The lowest BCUT2D eigenvalue weighted by atomic mass is 9.85. The van der Waals surface area contributed by atoms with Crippen molar-refractivity contribution in [2.45, 2.75) is 153 Å². The predicted molar refractivity (Wildman–Crippen MR) is 176 cm³/mol. The van der Waals surface area contributed by atoms with Gasteiger partial charge in [-0.2, -0.15) is 0 Å². The highest BCUT2D eigenvalue weighted by Gasteiger charge is 2.46. The molecular weight excluding hydrogens is 584 g/mol. The van der Waals surface area contributed by atoms with Gasteiger partial charge in [-0.25, -0.2) is 0 Å². The molecule has 1 aromatic carbocycles. The summed E-state index contributed by atoms with van der Waals surface area (Å²) in [5.41, 5.74) is 1.34. The third kappa shape index (κ3) is 12.0. The highest BCUT2D eigenvalue weighted by atomic mass is 16.7. The molecule has 1 aliphatic carbocycles. The van der Waals surface area contributed by atoms with E-state index in [9.17, 15) is 4.79 Å². The first kappa shape index (κ1) is 35.5.